The van der Waals surface area contributed by atoms with Crippen LogP contribution in [0.2, 0.25) is 0 Å². The Bertz CT molecular complexity index is 640. The molecule has 2 rings (SSSR count). The first-order chi connectivity index (χ1) is 9.09. The van der Waals surface area contributed by atoms with Gasteiger partial charge in [-0.15, -0.1) is 0 Å². The molecule has 0 radical (unpaired) electrons. The van der Waals surface area contributed by atoms with Gasteiger partial charge in [0.05, 0.1) is 16.8 Å². The summed E-state index contributed by atoms with van der Waals surface area (Å²) in [6, 6.07) is 11.4. The number of carboxylic acids is 1. The highest BCUT2D eigenvalue weighted by Gasteiger charge is 2.15. The fourth-order valence-electron chi connectivity index (χ4n) is 1.61. The van der Waals surface area contributed by atoms with E-state index in [-0.39, 0.29) is 16.8 Å². The summed E-state index contributed by atoms with van der Waals surface area (Å²) < 4.78 is 13.4. The van der Waals surface area contributed by atoms with E-state index in [1.807, 2.05) is 0 Å². The highest BCUT2D eigenvalue weighted by atomic mass is 19.1. The van der Waals surface area contributed by atoms with Crippen LogP contribution >= 0.6 is 0 Å². The maximum absolute atomic E-state index is 13.4. The van der Waals surface area contributed by atoms with Crippen molar-refractivity contribution in [2.75, 3.05) is 5.32 Å². The lowest BCUT2D eigenvalue weighted by Gasteiger charge is -2.08. The molecule has 0 aliphatic rings. The van der Waals surface area contributed by atoms with Crippen molar-refractivity contribution in [1.82, 2.24) is 0 Å². The smallest absolute Gasteiger partial charge is 0.337 e. The van der Waals surface area contributed by atoms with Crippen LogP contribution in [-0.2, 0) is 0 Å². The number of halogens is 1. The van der Waals surface area contributed by atoms with Crippen molar-refractivity contribution in [3.8, 4) is 0 Å². The molecule has 0 aliphatic carbocycles. The molecule has 0 spiro atoms. The molecule has 1 amide bonds. The van der Waals surface area contributed by atoms with Crippen molar-refractivity contribution in [2.45, 2.75) is 0 Å². The Balaban J connectivity index is 2.30. The molecular formula is C14H10FNO3. The minimum Gasteiger partial charge on any atom is -0.478 e. The molecule has 4 nitrogen and oxygen atoms in total. The molecule has 2 aromatic rings. The number of anilines is 1. The normalized spacial score (nSPS) is 9.95. The van der Waals surface area contributed by atoms with E-state index in [2.05, 4.69) is 5.32 Å². The number of hydrogen-bond donors (Lipinski definition) is 2. The zero-order valence-corrected chi connectivity index (χ0v) is 9.76. The van der Waals surface area contributed by atoms with Crippen LogP contribution in [0.15, 0.2) is 48.5 Å². The second kappa shape index (κ2) is 5.30. The lowest BCUT2D eigenvalue weighted by molar-refractivity contribution is 0.0698. The molecule has 0 unspecified atom stereocenters. The van der Waals surface area contributed by atoms with Gasteiger partial charge in [-0.05, 0) is 24.3 Å². The molecule has 0 fully saturated rings. The Labute approximate surface area is 108 Å². The average molecular weight is 259 g/mol. The number of para-hydroxylation sites is 1. The molecule has 96 valence electrons. The minimum atomic E-state index is -1.16. The van der Waals surface area contributed by atoms with Crippen molar-refractivity contribution in [3.05, 3.63) is 65.5 Å². The first kappa shape index (κ1) is 12.8. The molecule has 0 aliphatic heterocycles. The number of aromatic carboxylic acids is 1. The molecule has 0 heterocycles. The predicted octanol–water partition coefficient (Wildman–Crippen LogP) is 2.78. The van der Waals surface area contributed by atoms with E-state index < -0.39 is 17.7 Å². The summed E-state index contributed by atoms with van der Waals surface area (Å²) in [5.41, 5.74) is -0.0573. The van der Waals surface area contributed by atoms with Crippen LogP contribution in [-0.4, -0.2) is 17.0 Å². The van der Waals surface area contributed by atoms with E-state index in [1.54, 1.807) is 12.1 Å². The number of nitrogens with one attached hydrogen (secondary N) is 1. The molecule has 0 atom stereocenters. The summed E-state index contributed by atoms with van der Waals surface area (Å²) in [6.07, 6.45) is 0. The second-order valence-electron chi connectivity index (χ2n) is 3.78. The third-order valence-corrected chi connectivity index (χ3v) is 2.52. The highest BCUT2D eigenvalue weighted by Crippen LogP contribution is 2.17. The van der Waals surface area contributed by atoms with Crippen molar-refractivity contribution in [2.24, 2.45) is 0 Å². The Morgan fingerprint density at radius 1 is 0.947 bits per heavy atom. The Morgan fingerprint density at radius 3 is 2.16 bits per heavy atom. The first-order valence-corrected chi connectivity index (χ1v) is 5.48. The standard InChI is InChI=1S/C14H10FNO3/c15-11-7-3-1-5-9(11)13(17)16-12-8-4-2-6-10(12)14(18)19/h1-8H,(H,16,17)(H,18,19). The lowest BCUT2D eigenvalue weighted by Crippen LogP contribution is -2.16. The van der Waals surface area contributed by atoms with Crippen LogP contribution in [0.3, 0.4) is 0 Å². The van der Waals surface area contributed by atoms with E-state index in [4.69, 9.17) is 5.11 Å². The maximum Gasteiger partial charge on any atom is 0.337 e. The molecule has 2 N–H and O–H groups in total. The Kier molecular flexibility index (Phi) is 3.56. The lowest BCUT2D eigenvalue weighted by atomic mass is 10.1. The number of carboxylic acid groups (broad SMARTS) is 1. The van der Waals surface area contributed by atoms with Crippen LogP contribution in [0.5, 0.6) is 0 Å². The monoisotopic (exact) mass is 259 g/mol. The van der Waals surface area contributed by atoms with Crippen LogP contribution in [0.25, 0.3) is 0 Å². The van der Waals surface area contributed by atoms with Gasteiger partial charge in [-0.25, -0.2) is 9.18 Å². The van der Waals surface area contributed by atoms with Gasteiger partial charge in [-0.1, -0.05) is 24.3 Å². The van der Waals surface area contributed by atoms with Gasteiger partial charge in [-0.2, -0.15) is 0 Å². The number of carbonyl (C=O) groups excluding carboxylic acids is 1. The van der Waals surface area contributed by atoms with Crippen molar-refractivity contribution in [1.29, 1.82) is 0 Å². The molecule has 0 saturated carbocycles. The summed E-state index contributed by atoms with van der Waals surface area (Å²) in [5.74, 6) is -2.51. The molecule has 2 aromatic carbocycles. The highest BCUT2D eigenvalue weighted by molar-refractivity contribution is 6.07. The molecule has 5 heteroatoms. The SMILES string of the molecule is O=C(Nc1ccccc1C(=O)O)c1ccccc1F. The zero-order valence-electron chi connectivity index (χ0n) is 9.76. The van der Waals surface area contributed by atoms with Crippen molar-refractivity contribution >= 4 is 17.6 Å². The van der Waals surface area contributed by atoms with Gasteiger partial charge in [0.1, 0.15) is 5.82 Å². The number of benzene rings is 2. The zero-order chi connectivity index (χ0) is 13.8. The molecule has 19 heavy (non-hydrogen) atoms. The fraction of sp³-hybridized carbons (Fsp3) is 0. The first-order valence-electron chi connectivity index (χ1n) is 5.48. The van der Waals surface area contributed by atoms with Gasteiger partial charge < -0.3 is 10.4 Å². The number of carbonyl (C=O) groups is 2. The minimum absolute atomic E-state index is 0.0489. The number of amides is 1. The van der Waals surface area contributed by atoms with Gasteiger partial charge >= 0.3 is 5.97 Å². The average Bonchev–Trinajstić information content (AvgIpc) is 2.39. The summed E-state index contributed by atoms with van der Waals surface area (Å²) in [4.78, 5) is 22.8. The number of rotatable bonds is 3. The van der Waals surface area contributed by atoms with Gasteiger partial charge in [-0.3, -0.25) is 4.79 Å². The molecular weight excluding hydrogens is 249 g/mol. The summed E-state index contributed by atoms with van der Waals surface area (Å²) in [5, 5.41) is 11.4. The van der Waals surface area contributed by atoms with Crippen LogP contribution in [0, 0.1) is 5.82 Å². The van der Waals surface area contributed by atoms with Crippen LogP contribution in [0.1, 0.15) is 20.7 Å². The van der Waals surface area contributed by atoms with E-state index in [1.165, 1.54) is 30.3 Å². The van der Waals surface area contributed by atoms with E-state index in [0.29, 0.717) is 0 Å². The second-order valence-corrected chi connectivity index (χ2v) is 3.78. The molecule has 0 aromatic heterocycles. The molecule has 0 saturated heterocycles. The Hall–Kier alpha value is -2.69. The van der Waals surface area contributed by atoms with Gasteiger partial charge in [0.15, 0.2) is 0 Å². The van der Waals surface area contributed by atoms with E-state index in [0.717, 1.165) is 6.07 Å². The van der Waals surface area contributed by atoms with Gasteiger partial charge in [0.2, 0.25) is 0 Å². The van der Waals surface area contributed by atoms with Gasteiger partial charge in [0, 0.05) is 0 Å². The van der Waals surface area contributed by atoms with E-state index in [9.17, 15) is 14.0 Å². The van der Waals surface area contributed by atoms with Crippen LogP contribution < -0.4 is 5.32 Å². The summed E-state index contributed by atoms with van der Waals surface area (Å²) in [7, 11) is 0. The predicted molar refractivity (Wildman–Crippen MR) is 67.8 cm³/mol. The quantitative estimate of drug-likeness (QED) is 0.890. The van der Waals surface area contributed by atoms with Crippen LogP contribution in [0.4, 0.5) is 10.1 Å². The maximum atomic E-state index is 13.4. The Morgan fingerprint density at radius 2 is 1.53 bits per heavy atom. The topological polar surface area (TPSA) is 66.4 Å². The largest absolute Gasteiger partial charge is 0.478 e. The third kappa shape index (κ3) is 2.77. The van der Waals surface area contributed by atoms with E-state index >= 15 is 0 Å². The van der Waals surface area contributed by atoms with Crippen molar-refractivity contribution < 1.29 is 19.1 Å². The molecule has 0 bridgehead atoms. The van der Waals surface area contributed by atoms with Gasteiger partial charge in [0.25, 0.3) is 5.91 Å². The third-order valence-electron chi connectivity index (χ3n) is 2.52. The fourth-order valence-corrected chi connectivity index (χ4v) is 1.61. The summed E-state index contributed by atoms with van der Waals surface area (Å²) >= 11 is 0. The number of hydrogen-bond acceptors (Lipinski definition) is 2. The van der Waals surface area contributed by atoms with Crippen molar-refractivity contribution in [3.63, 3.8) is 0 Å². The summed E-state index contributed by atoms with van der Waals surface area (Å²) in [6.45, 7) is 0.